The molecule has 0 radical (unpaired) electrons. The molecule has 0 bridgehead atoms. The minimum absolute atomic E-state index is 0.179. The predicted octanol–water partition coefficient (Wildman–Crippen LogP) is 3.17. The molecule has 4 heterocycles. The number of rotatable bonds is 3. The Labute approximate surface area is 218 Å². The van der Waals surface area contributed by atoms with Crippen LogP contribution in [0.25, 0.3) is 0 Å². The van der Waals surface area contributed by atoms with Gasteiger partial charge in [0.1, 0.15) is 5.75 Å². The summed E-state index contributed by atoms with van der Waals surface area (Å²) < 4.78 is 11.3. The van der Waals surface area contributed by atoms with Crippen LogP contribution in [0.1, 0.15) is 68.7 Å². The summed E-state index contributed by atoms with van der Waals surface area (Å²) in [7, 11) is 0. The number of carbonyl (C=O) groups is 2. The number of carbonyl (C=O) groups excluding carboxylic acids is 2. The normalized spacial score (nSPS) is 22.2. The quantitative estimate of drug-likeness (QED) is 0.678. The third-order valence-corrected chi connectivity index (χ3v) is 8.42. The Morgan fingerprint density at radius 1 is 1.05 bits per heavy atom. The van der Waals surface area contributed by atoms with E-state index in [1.54, 1.807) is 0 Å². The molecule has 3 aliphatic rings. The molecule has 3 aliphatic heterocycles. The van der Waals surface area contributed by atoms with Gasteiger partial charge in [0.2, 0.25) is 24.1 Å². The Morgan fingerprint density at radius 2 is 1.86 bits per heavy atom. The van der Waals surface area contributed by atoms with Gasteiger partial charge in [-0.1, -0.05) is 24.6 Å². The fourth-order valence-electron chi connectivity index (χ4n) is 6.03. The van der Waals surface area contributed by atoms with Crippen molar-refractivity contribution in [3.05, 3.63) is 42.1 Å². The van der Waals surface area contributed by atoms with Crippen molar-refractivity contribution in [2.75, 3.05) is 45.9 Å². The van der Waals surface area contributed by atoms with Crippen molar-refractivity contribution >= 4 is 11.8 Å². The van der Waals surface area contributed by atoms with Crippen molar-refractivity contribution in [1.82, 2.24) is 25.3 Å². The van der Waals surface area contributed by atoms with E-state index in [0.717, 1.165) is 89.7 Å². The molecule has 2 saturated heterocycles. The number of piperidine rings is 2. The van der Waals surface area contributed by atoms with Gasteiger partial charge in [-0.25, -0.2) is 0 Å². The first-order valence-electron chi connectivity index (χ1n) is 13.9. The molecule has 1 aromatic heterocycles. The van der Waals surface area contributed by atoms with E-state index in [-0.39, 0.29) is 23.1 Å². The highest BCUT2D eigenvalue weighted by atomic mass is 16.5. The third-order valence-electron chi connectivity index (χ3n) is 8.42. The molecule has 1 N–H and O–H groups in total. The second kappa shape index (κ2) is 12.1. The fourth-order valence-corrected chi connectivity index (χ4v) is 6.03. The van der Waals surface area contributed by atoms with Crippen LogP contribution in [0.3, 0.4) is 0 Å². The summed E-state index contributed by atoms with van der Waals surface area (Å²) in [5, 5.41) is 11.0. The minimum Gasteiger partial charge on any atom is -0.493 e. The van der Waals surface area contributed by atoms with E-state index in [1.807, 2.05) is 17.0 Å². The van der Waals surface area contributed by atoms with Crippen molar-refractivity contribution in [1.29, 1.82) is 0 Å². The van der Waals surface area contributed by atoms with Crippen LogP contribution >= 0.6 is 0 Å². The topological polar surface area (TPSA) is 101 Å². The number of nitrogens with one attached hydrogen (secondary N) is 1. The number of para-hydroxylation sites is 1. The van der Waals surface area contributed by atoms with Crippen LogP contribution in [0.15, 0.2) is 35.1 Å². The molecule has 1 aromatic carbocycles. The average molecular weight is 510 g/mol. The zero-order chi connectivity index (χ0) is 25.5. The number of aryl methyl sites for hydroxylation is 1. The van der Waals surface area contributed by atoms with Crippen LogP contribution in [0.2, 0.25) is 0 Å². The van der Waals surface area contributed by atoms with Crippen LogP contribution in [0.4, 0.5) is 0 Å². The molecule has 1 spiro atoms. The highest BCUT2D eigenvalue weighted by Crippen LogP contribution is 2.38. The molecule has 9 heteroatoms. The van der Waals surface area contributed by atoms with Gasteiger partial charge in [0.25, 0.3) is 0 Å². The summed E-state index contributed by atoms with van der Waals surface area (Å²) >= 11 is 0. The molecule has 37 heavy (non-hydrogen) atoms. The van der Waals surface area contributed by atoms with Crippen LogP contribution in [-0.4, -0.2) is 77.7 Å². The number of amides is 2. The number of hydrogen-bond acceptors (Lipinski definition) is 7. The van der Waals surface area contributed by atoms with Crippen molar-refractivity contribution in [2.45, 2.75) is 63.7 Å². The van der Waals surface area contributed by atoms with Crippen molar-refractivity contribution in [2.24, 2.45) is 5.41 Å². The van der Waals surface area contributed by atoms with Crippen LogP contribution in [0, 0.1) is 5.41 Å². The largest absolute Gasteiger partial charge is 0.493 e. The summed E-state index contributed by atoms with van der Waals surface area (Å²) in [5.74, 6) is 2.25. The van der Waals surface area contributed by atoms with Crippen LogP contribution in [-0.2, 0) is 16.0 Å². The van der Waals surface area contributed by atoms with E-state index in [4.69, 9.17) is 9.15 Å². The van der Waals surface area contributed by atoms with Crippen molar-refractivity contribution < 1.29 is 18.7 Å². The average Bonchev–Trinajstić information content (AvgIpc) is 3.47. The first kappa shape index (κ1) is 25.7. The highest BCUT2D eigenvalue weighted by Gasteiger charge is 2.41. The monoisotopic (exact) mass is 509 g/mol. The van der Waals surface area contributed by atoms with Gasteiger partial charge in [-0.2, -0.15) is 0 Å². The second-order valence-corrected chi connectivity index (χ2v) is 10.8. The van der Waals surface area contributed by atoms with E-state index in [2.05, 4.69) is 32.5 Å². The Morgan fingerprint density at radius 3 is 2.65 bits per heavy atom. The number of aromatic nitrogens is 2. The van der Waals surface area contributed by atoms with E-state index < -0.39 is 0 Å². The molecule has 2 amide bonds. The number of nitrogens with zero attached hydrogens (tertiary/aromatic N) is 4. The zero-order valence-corrected chi connectivity index (χ0v) is 21.7. The lowest BCUT2D eigenvalue weighted by molar-refractivity contribution is -0.137. The molecule has 0 unspecified atom stereocenters. The summed E-state index contributed by atoms with van der Waals surface area (Å²) in [4.78, 5) is 30.6. The van der Waals surface area contributed by atoms with Gasteiger partial charge in [0, 0.05) is 25.6 Å². The summed E-state index contributed by atoms with van der Waals surface area (Å²) in [5.41, 5.74) is 0.917. The Kier molecular flexibility index (Phi) is 8.38. The summed E-state index contributed by atoms with van der Waals surface area (Å²) in [6, 6.07) is 8.28. The molecule has 200 valence electrons. The fraction of sp³-hybridized carbons (Fsp3) is 0.643. The van der Waals surface area contributed by atoms with Crippen molar-refractivity contribution in [3.63, 3.8) is 0 Å². The third kappa shape index (κ3) is 6.32. The number of fused-ring (bicyclic) bond motifs is 1. The van der Waals surface area contributed by atoms with Gasteiger partial charge in [-0.05, 0) is 76.1 Å². The highest BCUT2D eigenvalue weighted by molar-refractivity contribution is 5.83. The molecule has 5 rings (SSSR count). The zero-order valence-electron chi connectivity index (χ0n) is 21.7. The minimum atomic E-state index is -0.337. The molecule has 2 fully saturated rings. The lowest BCUT2D eigenvalue weighted by atomic mass is 9.73. The lowest BCUT2D eigenvalue weighted by Gasteiger charge is -2.41. The van der Waals surface area contributed by atoms with E-state index in [0.29, 0.717) is 25.6 Å². The maximum atomic E-state index is 13.4. The van der Waals surface area contributed by atoms with Crippen LogP contribution in [0.5, 0.6) is 5.75 Å². The Balaban J connectivity index is 1.12. The number of ether oxygens (including phenoxy) is 1. The summed E-state index contributed by atoms with van der Waals surface area (Å²) in [6.07, 6.45) is 9.39. The number of likely N-dealkylation sites (tertiary alicyclic amines) is 2. The smallest absolute Gasteiger partial charge is 0.236 e. The SMILES string of the molecule is O=C(CN1CCC2(CCCCc3ccccc3OCCCNC2=O)CC1)N1CCC(c2nnco2)CC1. The standard InChI is InChI=1S/C28H39N5O4/c34-25(33-15-9-23(10-16-33)26-31-30-21-37-26)20-32-17-12-28(13-18-32)11-4-3-7-22-6-1-2-8-24(22)36-19-5-14-29-27(28)35/h1-2,6,8,21,23H,3-5,7,9-20H2,(H,29,35). The van der Waals surface area contributed by atoms with Gasteiger partial charge < -0.3 is 19.4 Å². The second-order valence-electron chi connectivity index (χ2n) is 10.8. The van der Waals surface area contributed by atoms with E-state index in [9.17, 15) is 9.59 Å². The van der Waals surface area contributed by atoms with E-state index >= 15 is 0 Å². The lowest BCUT2D eigenvalue weighted by Crippen LogP contribution is -2.51. The molecule has 0 saturated carbocycles. The Hall–Kier alpha value is -2.94. The van der Waals surface area contributed by atoms with Crippen molar-refractivity contribution in [3.8, 4) is 5.75 Å². The van der Waals surface area contributed by atoms with Gasteiger partial charge in [-0.15, -0.1) is 10.2 Å². The number of benzene rings is 1. The predicted molar refractivity (Wildman–Crippen MR) is 138 cm³/mol. The molecular formula is C28H39N5O4. The van der Waals surface area contributed by atoms with Gasteiger partial charge >= 0.3 is 0 Å². The molecule has 0 aliphatic carbocycles. The maximum absolute atomic E-state index is 13.4. The molecular weight excluding hydrogens is 470 g/mol. The van der Waals surface area contributed by atoms with Gasteiger partial charge in [-0.3, -0.25) is 14.5 Å². The molecule has 2 aromatic rings. The van der Waals surface area contributed by atoms with Crippen LogP contribution < -0.4 is 10.1 Å². The van der Waals surface area contributed by atoms with Gasteiger partial charge in [0.15, 0.2) is 0 Å². The summed E-state index contributed by atoms with van der Waals surface area (Å²) in [6.45, 7) is 4.67. The number of hydrogen-bond donors (Lipinski definition) is 1. The maximum Gasteiger partial charge on any atom is 0.236 e. The molecule has 9 nitrogen and oxygen atoms in total. The Bertz CT molecular complexity index is 1030. The first-order valence-corrected chi connectivity index (χ1v) is 13.9. The van der Waals surface area contributed by atoms with Gasteiger partial charge in [0.05, 0.1) is 18.6 Å². The first-order chi connectivity index (χ1) is 18.1. The van der Waals surface area contributed by atoms with E-state index in [1.165, 1.54) is 12.0 Å². The molecule has 0 atom stereocenters.